The molecule has 0 aromatic rings. The van der Waals surface area contributed by atoms with Gasteiger partial charge in [0.05, 0.1) is 0 Å². The standard InChI is InChI=1S/C9H16O2S/c1-7(10)11-9(12)8-5-3-2-4-6-8/h8-9,12H,2-6H2,1H3. The van der Waals surface area contributed by atoms with Crippen molar-refractivity contribution in [2.75, 3.05) is 0 Å². The number of esters is 1. The third-order valence-corrected chi connectivity index (χ3v) is 2.87. The quantitative estimate of drug-likeness (QED) is 0.409. The maximum absolute atomic E-state index is 10.6. The molecule has 1 aliphatic carbocycles. The lowest BCUT2D eigenvalue weighted by Crippen LogP contribution is -2.22. The molecular formula is C9H16O2S. The lowest BCUT2D eigenvalue weighted by atomic mass is 9.90. The molecule has 1 rings (SSSR count). The van der Waals surface area contributed by atoms with Crippen LogP contribution in [0.3, 0.4) is 0 Å². The van der Waals surface area contributed by atoms with Gasteiger partial charge in [-0.2, -0.15) is 0 Å². The number of rotatable bonds is 2. The molecule has 1 aliphatic rings. The average Bonchev–Trinajstić information content (AvgIpc) is 2.05. The Bertz CT molecular complexity index is 153. The summed E-state index contributed by atoms with van der Waals surface area (Å²) in [5, 5.41) is 0. The molecule has 0 amide bonds. The van der Waals surface area contributed by atoms with Gasteiger partial charge in [-0.3, -0.25) is 4.79 Å². The number of ether oxygens (including phenoxy) is 1. The van der Waals surface area contributed by atoms with Gasteiger partial charge in [-0.25, -0.2) is 0 Å². The molecular weight excluding hydrogens is 172 g/mol. The van der Waals surface area contributed by atoms with E-state index >= 15 is 0 Å². The highest BCUT2D eigenvalue weighted by atomic mass is 32.1. The molecule has 2 nitrogen and oxygen atoms in total. The second-order valence-electron chi connectivity index (χ2n) is 3.40. The second kappa shape index (κ2) is 4.75. The molecule has 0 N–H and O–H groups in total. The highest BCUT2D eigenvalue weighted by molar-refractivity contribution is 7.80. The lowest BCUT2D eigenvalue weighted by molar-refractivity contribution is -0.144. The molecule has 3 heteroatoms. The summed E-state index contributed by atoms with van der Waals surface area (Å²) in [6, 6.07) is 0. The molecule has 12 heavy (non-hydrogen) atoms. The van der Waals surface area contributed by atoms with Gasteiger partial charge in [0.1, 0.15) is 5.44 Å². The van der Waals surface area contributed by atoms with E-state index in [1.807, 2.05) is 0 Å². The molecule has 0 heterocycles. The third-order valence-electron chi connectivity index (χ3n) is 2.34. The molecule has 0 saturated heterocycles. The van der Waals surface area contributed by atoms with Crippen molar-refractivity contribution in [2.45, 2.75) is 44.5 Å². The number of carbonyl (C=O) groups is 1. The Kier molecular flexibility index (Phi) is 3.92. The van der Waals surface area contributed by atoms with Gasteiger partial charge in [-0.1, -0.05) is 19.3 Å². The van der Waals surface area contributed by atoms with E-state index in [-0.39, 0.29) is 11.4 Å². The van der Waals surface area contributed by atoms with Crippen molar-refractivity contribution in [3.05, 3.63) is 0 Å². The van der Waals surface area contributed by atoms with Crippen molar-refractivity contribution in [3.8, 4) is 0 Å². The summed E-state index contributed by atoms with van der Waals surface area (Å²) in [5.41, 5.74) is -0.178. The first-order valence-corrected chi connectivity index (χ1v) is 5.07. The zero-order valence-electron chi connectivity index (χ0n) is 7.45. The minimum Gasteiger partial charge on any atom is -0.451 e. The fourth-order valence-electron chi connectivity index (χ4n) is 1.69. The van der Waals surface area contributed by atoms with E-state index in [4.69, 9.17) is 4.74 Å². The highest BCUT2D eigenvalue weighted by Crippen LogP contribution is 2.29. The van der Waals surface area contributed by atoms with Crippen LogP contribution < -0.4 is 0 Å². The Balaban J connectivity index is 2.29. The first kappa shape index (κ1) is 9.90. The summed E-state index contributed by atoms with van der Waals surface area (Å²) in [6.07, 6.45) is 6.13. The van der Waals surface area contributed by atoms with Gasteiger partial charge in [-0.15, -0.1) is 12.6 Å². The number of hydrogen-bond acceptors (Lipinski definition) is 3. The van der Waals surface area contributed by atoms with Gasteiger partial charge in [-0.05, 0) is 12.8 Å². The van der Waals surface area contributed by atoms with Crippen LogP contribution >= 0.6 is 12.6 Å². The first-order chi connectivity index (χ1) is 5.70. The zero-order valence-corrected chi connectivity index (χ0v) is 8.35. The number of thiol groups is 1. The Morgan fingerprint density at radius 1 is 1.42 bits per heavy atom. The third kappa shape index (κ3) is 3.05. The van der Waals surface area contributed by atoms with Crippen molar-refractivity contribution < 1.29 is 9.53 Å². The van der Waals surface area contributed by atoms with Crippen LogP contribution in [0.25, 0.3) is 0 Å². The molecule has 0 spiro atoms. The van der Waals surface area contributed by atoms with E-state index in [0.717, 1.165) is 12.8 Å². The van der Waals surface area contributed by atoms with Gasteiger partial charge >= 0.3 is 5.97 Å². The molecule has 70 valence electrons. The minimum absolute atomic E-state index is 0.178. The van der Waals surface area contributed by atoms with Crippen molar-refractivity contribution in [3.63, 3.8) is 0 Å². The fourth-order valence-corrected chi connectivity index (χ4v) is 2.13. The number of hydrogen-bond donors (Lipinski definition) is 1. The van der Waals surface area contributed by atoms with Crippen LogP contribution in [0.2, 0.25) is 0 Å². The smallest absolute Gasteiger partial charge is 0.303 e. The van der Waals surface area contributed by atoms with Gasteiger partial charge in [0.2, 0.25) is 0 Å². The Labute approximate surface area is 79.1 Å². The Morgan fingerprint density at radius 3 is 2.50 bits per heavy atom. The van der Waals surface area contributed by atoms with Gasteiger partial charge < -0.3 is 4.74 Å². The predicted octanol–water partition coefficient (Wildman–Crippen LogP) is 2.39. The molecule has 1 fully saturated rings. The summed E-state index contributed by atoms with van der Waals surface area (Å²) in [7, 11) is 0. The van der Waals surface area contributed by atoms with E-state index in [0.29, 0.717) is 5.92 Å². The van der Waals surface area contributed by atoms with Gasteiger partial charge in [0.25, 0.3) is 0 Å². The van der Waals surface area contributed by atoms with Crippen LogP contribution in [0.15, 0.2) is 0 Å². The molecule has 1 atom stereocenters. The van der Waals surface area contributed by atoms with Crippen LogP contribution in [-0.2, 0) is 9.53 Å². The molecule has 1 saturated carbocycles. The normalized spacial score (nSPS) is 21.8. The summed E-state index contributed by atoms with van der Waals surface area (Å²) >= 11 is 4.27. The van der Waals surface area contributed by atoms with Gasteiger partial charge in [0, 0.05) is 12.8 Å². The predicted molar refractivity (Wildman–Crippen MR) is 51.1 cm³/mol. The second-order valence-corrected chi connectivity index (χ2v) is 3.91. The molecule has 0 bridgehead atoms. The molecule has 0 aromatic carbocycles. The summed E-state index contributed by atoms with van der Waals surface area (Å²) < 4.78 is 5.01. The van der Waals surface area contributed by atoms with Crippen LogP contribution in [0, 0.1) is 5.92 Å². The lowest BCUT2D eigenvalue weighted by Gasteiger charge is -2.26. The molecule has 1 unspecified atom stereocenters. The van der Waals surface area contributed by atoms with Crippen LogP contribution in [0.4, 0.5) is 0 Å². The van der Waals surface area contributed by atoms with Crippen LogP contribution in [-0.4, -0.2) is 11.4 Å². The topological polar surface area (TPSA) is 26.3 Å². The maximum Gasteiger partial charge on any atom is 0.303 e. The molecule has 0 aromatic heterocycles. The largest absolute Gasteiger partial charge is 0.451 e. The van der Waals surface area contributed by atoms with E-state index in [2.05, 4.69) is 12.6 Å². The Morgan fingerprint density at radius 2 is 2.00 bits per heavy atom. The van der Waals surface area contributed by atoms with Crippen LogP contribution in [0.1, 0.15) is 39.0 Å². The fraction of sp³-hybridized carbons (Fsp3) is 0.889. The van der Waals surface area contributed by atoms with E-state index in [1.165, 1.54) is 26.2 Å². The Hall–Kier alpha value is -0.180. The summed E-state index contributed by atoms with van der Waals surface area (Å²) in [6.45, 7) is 1.44. The SMILES string of the molecule is CC(=O)OC(S)C1CCCCC1. The maximum atomic E-state index is 10.6. The van der Waals surface area contributed by atoms with Crippen LogP contribution in [0.5, 0.6) is 0 Å². The number of carbonyl (C=O) groups excluding carboxylic acids is 1. The molecule has 0 radical (unpaired) electrons. The summed E-state index contributed by atoms with van der Waals surface area (Å²) in [4.78, 5) is 10.6. The highest BCUT2D eigenvalue weighted by Gasteiger charge is 2.22. The average molecular weight is 188 g/mol. The van der Waals surface area contributed by atoms with Gasteiger partial charge in [0.15, 0.2) is 0 Å². The minimum atomic E-state index is -0.222. The molecule has 0 aliphatic heterocycles. The van der Waals surface area contributed by atoms with Crippen molar-refractivity contribution >= 4 is 18.6 Å². The van der Waals surface area contributed by atoms with E-state index < -0.39 is 0 Å². The monoisotopic (exact) mass is 188 g/mol. The first-order valence-electron chi connectivity index (χ1n) is 4.55. The van der Waals surface area contributed by atoms with Crippen molar-refractivity contribution in [1.29, 1.82) is 0 Å². The van der Waals surface area contributed by atoms with Crippen molar-refractivity contribution in [1.82, 2.24) is 0 Å². The zero-order chi connectivity index (χ0) is 8.97. The summed E-state index contributed by atoms with van der Waals surface area (Å²) in [5.74, 6) is 0.256. The van der Waals surface area contributed by atoms with Crippen molar-refractivity contribution in [2.24, 2.45) is 5.92 Å². The van der Waals surface area contributed by atoms with E-state index in [9.17, 15) is 4.79 Å². The van der Waals surface area contributed by atoms with E-state index in [1.54, 1.807) is 0 Å².